The van der Waals surface area contributed by atoms with Crippen molar-refractivity contribution in [3.05, 3.63) is 45.4 Å². The smallest absolute Gasteiger partial charge is 0.139 e. The average Bonchev–Trinajstić information content (AvgIpc) is 2.77. The van der Waals surface area contributed by atoms with Crippen LogP contribution >= 0.6 is 27.5 Å². The molecule has 0 aliphatic carbocycles. The van der Waals surface area contributed by atoms with Gasteiger partial charge < -0.3 is 10.0 Å². The Bertz CT molecular complexity index is 570. The molecule has 0 spiro atoms. The SMILES string of the molecule is CN(C)CCn1ncc(Cl)c1C(O)c1ccc(Br)cn1. The van der Waals surface area contributed by atoms with Gasteiger partial charge in [-0.1, -0.05) is 11.6 Å². The Morgan fingerprint density at radius 2 is 2.15 bits per heavy atom. The van der Waals surface area contributed by atoms with E-state index in [1.165, 1.54) is 0 Å². The lowest BCUT2D eigenvalue weighted by atomic mass is 10.1. The van der Waals surface area contributed by atoms with Crippen molar-refractivity contribution in [1.29, 1.82) is 0 Å². The van der Waals surface area contributed by atoms with E-state index < -0.39 is 6.10 Å². The van der Waals surface area contributed by atoms with Crippen LogP contribution in [-0.2, 0) is 6.54 Å². The van der Waals surface area contributed by atoms with Crippen molar-refractivity contribution in [1.82, 2.24) is 19.7 Å². The van der Waals surface area contributed by atoms with Crippen LogP contribution in [0.5, 0.6) is 0 Å². The highest BCUT2D eigenvalue weighted by Gasteiger charge is 2.21. The molecule has 2 aromatic heterocycles. The van der Waals surface area contributed by atoms with Crippen LogP contribution in [0.3, 0.4) is 0 Å². The van der Waals surface area contributed by atoms with Crippen molar-refractivity contribution in [3.8, 4) is 0 Å². The van der Waals surface area contributed by atoms with Gasteiger partial charge in [0.05, 0.1) is 29.2 Å². The van der Waals surface area contributed by atoms with Gasteiger partial charge in [-0.15, -0.1) is 0 Å². The van der Waals surface area contributed by atoms with Crippen molar-refractivity contribution in [2.75, 3.05) is 20.6 Å². The maximum Gasteiger partial charge on any atom is 0.139 e. The fourth-order valence-corrected chi connectivity index (χ4v) is 2.28. The number of hydrogen-bond acceptors (Lipinski definition) is 4. The molecule has 0 aliphatic heterocycles. The number of likely N-dealkylation sites (N-methyl/N-ethyl adjacent to an activating group) is 1. The van der Waals surface area contributed by atoms with E-state index in [0.29, 0.717) is 23.0 Å². The number of rotatable bonds is 5. The fourth-order valence-electron chi connectivity index (χ4n) is 1.81. The Balaban J connectivity index is 2.26. The van der Waals surface area contributed by atoms with E-state index in [1.54, 1.807) is 23.1 Å². The molecule has 0 aromatic carbocycles. The topological polar surface area (TPSA) is 54.2 Å². The molecule has 20 heavy (non-hydrogen) atoms. The fraction of sp³-hybridized carbons (Fsp3) is 0.385. The highest BCUT2D eigenvalue weighted by atomic mass is 79.9. The monoisotopic (exact) mass is 358 g/mol. The molecule has 5 nitrogen and oxygen atoms in total. The van der Waals surface area contributed by atoms with Gasteiger partial charge in [-0.3, -0.25) is 9.67 Å². The minimum atomic E-state index is -0.889. The van der Waals surface area contributed by atoms with Gasteiger partial charge in [0.25, 0.3) is 0 Å². The zero-order valence-corrected chi connectivity index (χ0v) is 13.6. The molecule has 1 N–H and O–H groups in total. The number of aromatic nitrogens is 3. The van der Waals surface area contributed by atoms with Crippen LogP contribution in [0.1, 0.15) is 17.5 Å². The molecule has 0 saturated carbocycles. The minimum Gasteiger partial charge on any atom is -0.380 e. The molecule has 108 valence electrons. The van der Waals surface area contributed by atoms with Crippen LogP contribution in [0, 0.1) is 0 Å². The molecule has 7 heteroatoms. The molecule has 0 fully saturated rings. The predicted octanol–water partition coefficient (Wildman–Crippen LogP) is 2.34. The van der Waals surface area contributed by atoms with E-state index in [4.69, 9.17) is 11.6 Å². The van der Waals surface area contributed by atoms with Crippen molar-refractivity contribution in [2.24, 2.45) is 0 Å². The number of nitrogens with zero attached hydrogens (tertiary/aromatic N) is 4. The highest BCUT2D eigenvalue weighted by Crippen LogP contribution is 2.27. The van der Waals surface area contributed by atoms with E-state index in [2.05, 4.69) is 26.0 Å². The maximum absolute atomic E-state index is 10.5. The molecule has 1 unspecified atom stereocenters. The zero-order chi connectivity index (χ0) is 14.7. The van der Waals surface area contributed by atoms with E-state index in [-0.39, 0.29) is 0 Å². The van der Waals surface area contributed by atoms with Crippen LogP contribution < -0.4 is 0 Å². The Morgan fingerprint density at radius 3 is 2.75 bits per heavy atom. The predicted molar refractivity (Wildman–Crippen MR) is 81.8 cm³/mol. The Morgan fingerprint density at radius 1 is 1.40 bits per heavy atom. The summed E-state index contributed by atoms with van der Waals surface area (Å²) in [5.74, 6) is 0. The minimum absolute atomic E-state index is 0.445. The molecule has 0 amide bonds. The summed E-state index contributed by atoms with van der Waals surface area (Å²) in [6.07, 6.45) is 2.31. The van der Waals surface area contributed by atoms with Crippen LogP contribution in [0.15, 0.2) is 29.0 Å². The molecule has 0 radical (unpaired) electrons. The van der Waals surface area contributed by atoms with Gasteiger partial charge in [0.15, 0.2) is 0 Å². The van der Waals surface area contributed by atoms with E-state index >= 15 is 0 Å². The quantitative estimate of drug-likeness (QED) is 0.890. The first-order valence-electron chi connectivity index (χ1n) is 6.14. The van der Waals surface area contributed by atoms with Gasteiger partial charge in [0, 0.05) is 17.2 Å². The van der Waals surface area contributed by atoms with Gasteiger partial charge in [-0.05, 0) is 42.2 Å². The number of hydrogen-bond donors (Lipinski definition) is 1. The summed E-state index contributed by atoms with van der Waals surface area (Å²) < 4.78 is 2.58. The molecular formula is C13H16BrClN4O. The summed E-state index contributed by atoms with van der Waals surface area (Å²) in [5, 5.41) is 15.1. The van der Waals surface area contributed by atoms with Crippen LogP contribution in [-0.4, -0.2) is 45.4 Å². The third kappa shape index (κ3) is 3.58. The first-order valence-corrected chi connectivity index (χ1v) is 7.31. The lowest BCUT2D eigenvalue weighted by Crippen LogP contribution is -2.21. The first-order chi connectivity index (χ1) is 9.49. The van der Waals surface area contributed by atoms with Gasteiger partial charge >= 0.3 is 0 Å². The molecule has 0 bridgehead atoms. The van der Waals surface area contributed by atoms with E-state index in [0.717, 1.165) is 11.0 Å². The third-order valence-corrected chi connectivity index (χ3v) is 3.64. The van der Waals surface area contributed by atoms with Crippen LogP contribution in [0.4, 0.5) is 0 Å². The highest BCUT2D eigenvalue weighted by molar-refractivity contribution is 9.10. The number of aliphatic hydroxyl groups is 1. The van der Waals surface area contributed by atoms with Gasteiger partial charge in [0.1, 0.15) is 6.10 Å². The van der Waals surface area contributed by atoms with E-state index in [9.17, 15) is 5.11 Å². The van der Waals surface area contributed by atoms with Crippen molar-refractivity contribution in [3.63, 3.8) is 0 Å². The first kappa shape index (κ1) is 15.4. The normalized spacial score (nSPS) is 12.9. The summed E-state index contributed by atoms with van der Waals surface area (Å²) in [5.41, 5.74) is 1.12. The lowest BCUT2D eigenvalue weighted by molar-refractivity contribution is 0.201. The summed E-state index contributed by atoms with van der Waals surface area (Å²) in [6.45, 7) is 1.47. The summed E-state index contributed by atoms with van der Waals surface area (Å²) in [7, 11) is 3.97. The molecule has 2 heterocycles. The summed E-state index contributed by atoms with van der Waals surface area (Å²) in [4.78, 5) is 6.25. The third-order valence-electron chi connectivity index (χ3n) is 2.88. The van der Waals surface area contributed by atoms with Crippen LogP contribution in [0.25, 0.3) is 0 Å². The standard InChI is InChI=1S/C13H16BrClN4O/c1-18(2)5-6-19-12(10(15)8-17-19)13(20)11-4-3-9(14)7-16-11/h3-4,7-8,13,20H,5-6H2,1-2H3. The van der Waals surface area contributed by atoms with Gasteiger partial charge in [0.2, 0.25) is 0 Å². The molecule has 0 aliphatic rings. The van der Waals surface area contributed by atoms with Crippen LogP contribution in [0.2, 0.25) is 5.02 Å². The average molecular weight is 360 g/mol. The Labute approximate surface area is 131 Å². The number of aliphatic hydroxyl groups excluding tert-OH is 1. The number of pyridine rings is 1. The molecule has 2 rings (SSSR count). The van der Waals surface area contributed by atoms with Crippen molar-refractivity contribution in [2.45, 2.75) is 12.6 Å². The van der Waals surface area contributed by atoms with Crippen molar-refractivity contribution < 1.29 is 5.11 Å². The lowest BCUT2D eigenvalue weighted by Gasteiger charge is -2.15. The Kier molecular flexibility index (Phi) is 5.15. The molecule has 1 atom stereocenters. The second-order valence-corrected chi connectivity index (χ2v) is 6.03. The molecule has 2 aromatic rings. The second kappa shape index (κ2) is 6.67. The Hall–Kier alpha value is -0.950. The summed E-state index contributed by atoms with van der Waals surface area (Å²) in [6, 6.07) is 3.59. The zero-order valence-electron chi connectivity index (χ0n) is 11.3. The maximum atomic E-state index is 10.5. The second-order valence-electron chi connectivity index (χ2n) is 4.71. The van der Waals surface area contributed by atoms with E-state index in [1.807, 2.05) is 25.1 Å². The van der Waals surface area contributed by atoms with Crippen molar-refractivity contribution >= 4 is 27.5 Å². The summed E-state index contributed by atoms with van der Waals surface area (Å²) >= 11 is 9.46. The largest absolute Gasteiger partial charge is 0.380 e. The molecular weight excluding hydrogens is 344 g/mol. The van der Waals surface area contributed by atoms with Gasteiger partial charge in [-0.25, -0.2) is 0 Å². The van der Waals surface area contributed by atoms with Gasteiger partial charge in [-0.2, -0.15) is 5.10 Å². The molecule has 0 saturated heterocycles. The number of halogens is 2.